The zero-order valence-electron chi connectivity index (χ0n) is 15.8. The monoisotopic (exact) mass is 407 g/mol. The lowest BCUT2D eigenvalue weighted by Gasteiger charge is -2.08. The summed E-state index contributed by atoms with van der Waals surface area (Å²) in [7, 11) is 1.81. The van der Waals surface area contributed by atoms with E-state index in [2.05, 4.69) is 16.3 Å². The highest BCUT2D eigenvalue weighted by molar-refractivity contribution is 7.98. The van der Waals surface area contributed by atoms with Gasteiger partial charge in [0.1, 0.15) is 11.4 Å². The molecule has 0 fully saturated rings. The average molecular weight is 407 g/mol. The number of fused-ring (bicyclic) bond motifs is 2. The highest BCUT2D eigenvalue weighted by Crippen LogP contribution is 2.32. The zero-order chi connectivity index (χ0) is 20.0. The zero-order valence-corrected chi connectivity index (χ0v) is 16.6. The van der Waals surface area contributed by atoms with Crippen LogP contribution in [0.2, 0.25) is 0 Å². The maximum atomic E-state index is 14.1. The molecule has 0 spiro atoms. The summed E-state index contributed by atoms with van der Waals surface area (Å²) in [6.07, 6.45) is 3.23. The standard InChI is InChI=1S/C22H18FN3O2S/c1-26-21(16-7-2-3-8-18(16)23)24-25-22(26)29-12-15-11-20(27)28-19-10-14-6-4-5-13(14)9-17(15)19/h2-3,7-11H,4-6,12H2,1H3. The fourth-order valence-electron chi connectivity index (χ4n) is 3.87. The Bertz CT molecular complexity index is 1300. The minimum atomic E-state index is -0.351. The summed E-state index contributed by atoms with van der Waals surface area (Å²) in [4.78, 5) is 12.1. The fourth-order valence-corrected chi connectivity index (χ4v) is 4.78. The molecular formula is C22H18FN3O2S. The predicted octanol–water partition coefficient (Wildman–Crippen LogP) is 4.51. The van der Waals surface area contributed by atoms with Crippen molar-refractivity contribution in [2.24, 2.45) is 7.05 Å². The number of hydrogen-bond acceptors (Lipinski definition) is 5. The van der Waals surface area contributed by atoms with Crippen molar-refractivity contribution in [3.8, 4) is 11.4 Å². The Morgan fingerprint density at radius 3 is 2.76 bits per heavy atom. The Kier molecular flexibility index (Phi) is 4.47. The summed E-state index contributed by atoms with van der Waals surface area (Å²) in [5.74, 6) is 0.686. The largest absolute Gasteiger partial charge is 0.423 e. The van der Waals surface area contributed by atoms with Crippen LogP contribution in [0.4, 0.5) is 4.39 Å². The van der Waals surface area contributed by atoms with E-state index >= 15 is 0 Å². The number of nitrogens with zero attached hydrogens (tertiary/aromatic N) is 3. The van der Waals surface area contributed by atoms with Crippen molar-refractivity contribution in [2.45, 2.75) is 30.2 Å². The lowest BCUT2D eigenvalue weighted by molar-refractivity contribution is 0.559. The Hall–Kier alpha value is -2.93. The first-order valence-electron chi connectivity index (χ1n) is 9.46. The second kappa shape index (κ2) is 7.15. The summed E-state index contributed by atoms with van der Waals surface area (Å²) in [6, 6.07) is 12.2. The molecule has 29 heavy (non-hydrogen) atoms. The van der Waals surface area contributed by atoms with Crippen LogP contribution < -0.4 is 5.63 Å². The third kappa shape index (κ3) is 3.25. The molecule has 0 radical (unpaired) electrons. The highest BCUT2D eigenvalue weighted by atomic mass is 32.2. The van der Waals surface area contributed by atoms with Crippen molar-refractivity contribution in [3.63, 3.8) is 0 Å². The van der Waals surface area contributed by atoms with Crippen LogP contribution in [-0.2, 0) is 25.6 Å². The normalized spacial score (nSPS) is 13.2. The van der Waals surface area contributed by atoms with E-state index in [1.54, 1.807) is 28.8 Å². The van der Waals surface area contributed by atoms with E-state index in [0.717, 1.165) is 30.2 Å². The third-order valence-corrected chi connectivity index (χ3v) is 6.42. The van der Waals surface area contributed by atoms with Gasteiger partial charge >= 0.3 is 5.63 Å². The van der Waals surface area contributed by atoms with Gasteiger partial charge in [0.15, 0.2) is 11.0 Å². The summed E-state index contributed by atoms with van der Waals surface area (Å²) < 4.78 is 21.3. The molecule has 2 aromatic carbocycles. The molecule has 7 heteroatoms. The van der Waals surface area contributed by atoms with Crippen molar-refractivity contribution in [1.29, 1.82) is 0 Å². The quantitative estimate of drug-likeness (QED) is 0.368. The van der Waals surface area contributed by atoms with Crippen LogP contribution in [0, 0.1) is 5.82 Å². The van der Waals surface area contributed by atoms with Gasteiger partial charge < -0.3 is 8.98 Å². The van der Waals surface area contributed by atoms with E-state index in [-0.39, 0.29) is 11.4 Å². The van der Waals surface area contributed by atoms with Crippen LogP contribution >= 0.6 is 11.8 Å². The van der Waals surface area contributed by atoms with Gasteiger partial charge in [-0.2, -0.15) is 0 Å². The number of hydrogen-bond donors (Lipinski definition) is 0. The van der Waals surface area contributed by atoms with Crippen LogP contribution in [0.25, 0.3) is 22.4 Å². The van der Waals surface area contributed by atoms with Gasteiger partial charge in [-0.25, -0.2) is 9.18 Å². The second-order valence-corrected chi connectivity index (χ2v) is 8.14. The minimum absolute atomic E-state index is 0.333. The SMILES string of the molecule is Cn1c(SCc2cc(=O)oc3cc4c(cc23)CCC4)nnc1-c1ccccc1F. The third-order valence-electron chi connectivity index (χ3n) is 5.35. The van der Waals surface area contributed by atoms with Crippen LogP contribution in [0.15, 0.2) is 56.8 Å². The van der Waals surface area contributed by atoms with Crippen LogP contribution in [-0.4, -0.2) is 14.8 Å². The van der Waals surface area contributed by atoms with Gasteiger partial charge in [0.05, 0.1) is 5.56 Å². The smallest absolute Gasteiger partial charge is 0.336 e. The number of rotatable bonds is 4. The number of aryl methyl sites for hydroxylation is 2. The molecule has 0 amide bonds. The first-order valence-corrected chi connectivity index (χ1v) is 10.4. The molecule has 2 aromatic heterocycles. The van der Waals surface area contributed by atoms with Crippen molar-refractivity contribution in [2.75, 3.05) is 0 Å². The Balaban J connectivity index is 1.47. The first kappa shape index (κ1) is 18.1. The molecule has 0 bridgehead atoms. The van der Waals surface area contributed by atoms with Gasteiger partial charge in [0.2, 0.25) is 0 Å². The van der Waals surface area contributed by atoms with E-state index < -0.39 is 0 Å². The number of thioether (sulfide) groups is 1. The van der Waals surface area contributed by atoms with Crippen LogP contribution in [0.5, 0.6) is 0 Å². The molecule has 0 saturated carbocycles. The van der Waals surface area contributed by atoms with Gasteiger partial charge in [0.25, 0.3) is 0 Å². The molecule has 1 aliphatic rings. The number of benzene rings is 2. The molecular weight excluding hydrogens is 389 g/mol. The molecule has 5 rings (SSSR count). The lowest BCUT2D eigenvalue weighted by atomic mass is 10.0. The molecule has 0 unspecified atom stereocenters. The van der Waals surface area contributed by atoms with E-state index in [1.165, 1.54) is 29.0 Å². The average Bonchev–Trinajstić information content (AvgIpc) is 3.31. The molecule has 5 nitrogen and oxygen atoms in total. The van der Waals surface area contributed by atoms with Crippen molar-refractivity contribution >= 4 is 22.7 Å². The molecule has 0 saturated heterocycles. The molecule has 1 aliphatic carbocycles. The van der Waals surface area contributed by atoms with Crippen LogP contribution in [0.3, 0.4) is 0 Å². The Morgan fingerprint density at radius 1 is 1.14 bits per heavy atom. The molecule has 0 N–H and O–H groups in total. The van der Waals surface area contributed by atoms with E-state index in [0.29, 0.717) is 27.9 Å². The van der Waals surface area contributed by atoms with Crippen LogP contribution in [0.1, 0.15) is 23.1 Å². The van der Waals surface area contributed by atoms with Crippen molar-refractivity contribution < 1.29 is 8.81 Å². The van der Waals surface area contributed by atoms with Crippen molar-refractivity contribution in [1.82, 2.24) is 14.8 Å². The Morgan fingerprint density at radius 2 is 1.93 bits per heavy atom. The summed E-state index contributed by atoms with van der Waals surface area (Å²) in [5, 5.41) is 10.00. The molecule has 0 aliphatic heterocycles. The summed E-state index contributed by atoms with van der Waals surface area (Å²) in [6.45, 7) is 0. The number of halogens is 1. The number of aromatic nitrogens is 3. The minimum Gasteiger partial charge on any atom is -0.423 e. The molecule has 2 heterocycles. The highest BCUT2D eigenvalue weighted by Gasteiger charge is 2.17. The maximum absolute atomic E-state index is 14.1. The van der Waals surface area contributed by atoms with Gasteiger partial charge in [0, 0.05) is 24.3 Å². The van der Waals surface area contributed by atoms with Gasteiger partial charge in [-0.05, 0) is 60.2 Å². The summed E-state index contributed by atoms with van der Waals surface area (Å²) in [5.41, 5.74) is 4.21. The van der Waals surface area contributed by atoms with E-state index in [9.17, 15) is 9.18 Å². The molecule has 4 aromatic rings. The Labute approximate surface area is 170 Å². The molecule has 146 valence electrons. The fraction of sp³-hybridized carbons (Fsp3) is 0.227. The predicted molar refractivity (Wildman–Crippen MR) is 110 cm³/mol. The maximum Gasteiger partial charge on any atom is 0.336 e. The lowest BCUT2D eigenvalue weighted by Crippen LogP contribution is -2.01. The topological polar surface area (TPSA) is 60.9 Å². The first-order chi connectivity index (χ1) is 14.1. The molecule has 0 atom stereocenters. The van der Waals surface area contributed by atoms with Gasteiger partial charge in [-0.1, -0.05) is 23.9 Å². The van der Waals surface area contributed by atoms with Gasteiger partial charge in [-0.3, -0.25) is 0 Å². The summed E-state index contributed by atoms with van der Waals surface area (Å²) >= 11 is 1.46. The van der Waals surface area contributed by atoms with E-state index in [1.807, 2.05) is 13.1 Å². The second-order valence-electron chi connectivity index (χ2n) is 7.20. The van der Waals surface area contributed by atoms with E-state index in [4.69, 9.17) is 4.42 Å². The van der Waals surface area contributed by atoms with Crippen molar-refractivity contribution in [3.05, 3.63) is 75.4 Å². The van der Waals surface area contributed by atoms with Gasteiger partial charge in [-0.15, -0.1) is 10.2 Å².